The van der Waals surface area contributed by atoms with Crippen molar-refractivity contribution in [3.8, 4) is 0 Å². The first-order chi connectivity index (χ1) is 26.0. The minimum atomic E-state index is -2.20. The highest BCUT2D eigenvalue weighted by atomic mass is 31.0. The molecular formula is C42H45FO8P2. The van der Waals surface area contributed by atoms with Gasteiger partial charge in [-0.25, -0.2) is 4.39 Å². The van der Waals surface area contributed by atoms with Gasteiger partial charge in [0.05, 0.1) is 46.2 Å². The van der Waals surface area contributed by atoms with Gasteiger partial charge in [0.15, 0.2) is 0 Å². The fourth-order valence-electron chi connectivity index (χ4n) is 6.47. The Hall–Kier alpha value is -3.43. The van der Waals surface area contributed by atoms with Crippen molar-refractivity contribution in [3.05, 3.63) is 178 Å². The molecule has 6 rings (SSSR count). The van der Waals surface area contributed by atoms with E-state index in [4.69, 9.17) is 32.7 Å². The van der Waals surface area contributed by atoms with E-state index < -0.39 is 36.0 Å². The number of hydrogen-bond acceptors (Lipinski definition) is 8. The van der Waals surface area contributed by atoms with E-state index in [0.29, 0.717) is 12.2 Å². The Labute approximate surface area is 315 Å². The molecule has 3 unspecified atom stereocenters. The van der Waals surface area contributed by atoms with Crippen LogP contribution in [-0.4, -0.2) is 36.1 Å². The second-order valence-corrected chi connectivity index (χ2v) is 13.5. The normalized spacial score (nSPS) is 21.4. The Kier molecular flexibility index (Phi) is 14.6. The van der Waals surface area contributed by atoms with Crippen LogP contribution >= 0.6 is 18.9 Å². The highest BCUT2D eigenvalue weighted by Crippen LogP contribution is 2.44. The predicted octanol–water partition coefficient (Wildman–Crippen LogP) is 7.96. The summed E-state index contributed by atoms with van der Waals surface area (Å²) in [7, 11) is 4.32. The first-order valence-electron chi connectivity index (χ1n) is 17.4. The van der Waals surface area contributed by atoms with E-state index in [0.717, 1.165) is 22.3 Å². The number of aliphatic hydroxyl groups is 1. The lowest BCUT2D eigenvalue weighted by atomic mass is 9.84. The van der Waals surface area contributed by atoms with Crippen molar-refractivity contribution >= 4 is 18.9 Å². The molecule has 0 aliphatic carbocycles. The quantitative estimate of drug-likeness (QED) is 0.0903. The van der Waals surface area contributed by atoms with Crippen LogP contribution in [0.2, 0.25) is 0 Å². The lowest BCUT2D eigenvalue weighted by Crippen LogP contribution is -2.66. The van der Waals surface area contributed by atoms with Crippen molar-refractivity contribution in [3.63, 3.8) is 0 Å². The van der Waals surface area contributed by atoms with Crippen molar-refractivity contribution in [2.75, 3.05) is 6.61 Å². The number of ether oxygens (including phenoxy) is 5. The standard InChI is InChI=1S/C42H45FO8P2/c43-37-22-34(27-49-52)36(21-35(37)28-50-53)42(44)41(48-26-33-19-11-4-12-20-33)40(47-25-32-17-9-3-10-18-32)39(46-24-31-15-7-2-8-16-31)38(51-42)29-45-23-30-13-5-1-6-14-30/h1-22,38-41,44H,23-29,52-53H2/t38-,39-,40+,41-,42?/m1/s1. The molecule has 0 spiro atoms. The summed E-state index contributed by atoms with van der Waals surface area (Å²) in [5.41, 5.74) is 4.53. The van der Waals surface area contributed by atoms with Crippen molar-refractivity contribution in [2.45, 2.75) is 69.8 Å². The van der Waals surface area contributed by atoms with Gasteiger partial charge in [-0.1, -0.05) is 121 Å². The summed E-state index contributed by atoms with van der Waals surface area (Å²) in [4.78, 5) is 0. The zero-order valence-corrected chi connectivity index (χ0v) is 31.6. The van der Waals surface area contributed by atoms with Crippen LogP contribution in [0.5, 0.6) is 0 Å². The molecule has 1 fully saturated rings. The molecule has 0 amide bonds. The molecule has 0 radical (unpaired) electrons. The molecule has 5 aromatic rings. The Morgan fingerprint density at radius 2 is 1.02 bits per heavy atom. The highest BCUT2D eigenvalue weighted by Gasteiger charge is 2.58. The van der Waals surface area contributed by atoms with E-state index >= 15 is 4.39 Å². The second-order valence-electron chi connectivity index (χ2n) is 12.8. The Morgan fingerprint density at radius 3 is 1.53 bits per heavy atom. The van der Waals surface area contributed by atoms with Gasteiger partial charge in [0.2, 0.25) is 5.79 Å². The molecule has 1 heterocycles. The van der Waals surface area contributed by atoms with E-state index in [9.17, 15) is 5.11 Å². The molecular weight excluding hydrogens is 713 g/mol. The monoisotopic (exact) mass is 758 g/mol. The van der Waals surface area contributed by atoms with Crippen LogP contribution in [0.25, 0.3) is 0 Å². The number of rotatable bonds is 18. The number of halogens is 1. The average Bonchev–Trinajstić information content (AvgIpc) is 3.19. The maximum Gasteiger partial charge on any atom is 0.223 e. The molecule has 8 nitrogen and oxygen atoms in total. The van der Waals surface area contributed by atoms with E-state index in [1.165, 1.54) is 6.07 Å². The SMILES string of the molecule is OC1(c2cc(COP)c(F)cc2COP)O[C@H](COCc2ccccc2)[C@@H](OCc2ccccc2)[C@H](OCc2ccccc2)[C@H]1OCc1ccccc1. The van der Waals surface area contributed by atoms with Crippen LogP contribution in [0.1, 0.15) is 38.9 Å². The molecule has 53 heavy (non-hydrogen) atoms. The first kappa shape index (κ1) is 39.3. The summed E-state index contributed by atoms with van der Waals surface area (Å²) < 4.78 is 59.5. The van der Waals surface area contributed by atoms with Crippen molar-refractivity contribution in [1.29, 1.82) is 0 Å². The van der Waals surface area contributed by atoms with Gasteiger partial charge in [-0.2, -0.15) is 0 Å². The molecule has 0 aromatic heterocycles. The van der Waals surface area contributed by atoms with E-state index in [2.05, 4.69) is 18.9 Å². The summed E-state index contributed by atoms with van der Waals surface area (Å²) in [6.07, 6.45) is -3.76. The van der Waals surface area contributed by atoms with E-state index in [1.807, 2.05) is 121 Å². The Bertz CT molecular complexity index is 1820. The zero-order valence-electron chi connectivity index (χ0n) is 29.3. The molecule has 1 aliphatic rings. The molecule has 0 bridgehead atoms. The fraction of sp³-hybridized carbons (Fsp3) is 0.286. The second kappa shape index (κ2) is 19.8. The summed E-state index contributed by atoms with van der Waals surface area (Å²) in [6, 6.07) is 41.8. The first-order valence-corrected chi connectivity index (χ1v) is 18.4. The van der Waals surface area contributed by atoms with E-state index in [1.54, 1.807) is 6.07 Å². The average molecular weight is 759 g/mol. The molecule has 1 N–H and O–H groups in total. The summed E-state index contributed by atoms with van der Waals surface area (Å²) in [5, 5.41) is 13.2. The third-order valence-corrected chi connectivity index (χ3v) is 9.41. The van der Waals surface area contributed by atoms with Crippen LogP contribution in [-0.2, 0) is 78.2 Å². The molecule has 1 aliphatic heterocycles. The third kappa shape index (κ3) is 10.4. The number of hydrogen-bond donors (Lipinski definition) is 1. The van der Waals surface area contributed by atoms with Crippen LogP contribution in [0, 0.1) is 5.82 Å². The smallest absolute Gasteiger partial charge is 0.223 e. The lowest BCUT2D eigenvalue weighted by Gasteiger charge is -2.51. The molecule has 11 heteroatoms. The van der Waals surface area contributed by atoms with Crippen molar-refractivity contribution in [1.82, 2.24) is 0 Å². The van der Waals surface area contributed by atoms with Crippen molar-refractivity contribution < 1.29 is 42.2 Å². The van der Waals surface area contributed by atoms with Crippen LogP contribution < -0.4 is 0 Å². The molecule has 1 saturated heterocycles. The van der Waals surface area contributed by atoms with Crippen LogP contribution in [0.3, 0.4) is 0 Å². The van der Waals surface area contributed by atoms with Crippen molar-refractivity contribution in [2.24, 2.45) is 0 Å². The highest BCUT2D eigenvalue weighted by molar-refractivity contribution is 7.09. The zero-order chi connectivity index (χ0) is 36.9. The number of benzene rings is 5. The lowest BCUT2D eigenvalue weighted by molar-refractivity contribution is -0.379. The van der Waals surface area contributed by atoms with Gasteiger partial charge in [0, 0.05) is 30.1 Å². The third-order valence-electron chi connectivity index (χ3n) is 9.08. The summed E-state index contributed by atoms with van der Waals surface area (Å²) >= 11 is 0. The fourth-order valence-corrected chi connectivity index (χ4v) is 6.83. The van der Waals surface area contributed by atoms with Gasteiger partial charge in [-0.15, -0.1) is 0 Å². The minimum Gasteiger partial charge on any atom is -0.374 e. The predicted molar refractivity (Wildman–Crippen MR) is 205 cm³/mol. The molecule has 0 saturated carbocycles. The van der Waals surface area contributed by atoms with Crippen LogP contribution in [0.4, 0.5) is 4.39 Å². The summed E-state index contributed by atoms with van der Waals surface area (Å²) in [5.74, 6) is -2.72. The Balaban J connectivity index is 1.46. The van der Waals surface area contributed by atoms with Gasteiger partial charge < -0.3 is 37.8 Å². The van der Waals surface area contributed by atoms with Gasteiger partial charge in [0.25, 0.3) is 0 Å². The van der Waals surface area contributed by atoms with E-state index in [-0.39, 0.29) is 50.8 Å². The van der Waals surface area contributed by atoms with Crippen LogP contribution in [0.15, 0.2) is 133 Å². The molecule has 7 atom stereocenters. The molecule has 278 valence electrons. The molecule has 5 aromatic carbocycles. The summed E-state index contributed by atoms with van der Waals surface area (Å²) in [6.45, 7) is 0.745. The van der Waals surface area contributed by atoms with Gasteiger partial charge in [-0.3, -0.25) is 0 Å². The van der Waals surface area contributed by atoms with Gasteiger partial charge >= 0.3 is 0 Å². The largest absolute Gasteiger partial charge is 0.374 e. The maximum absolute atomic E-state index is 15.4. The minimum absolute atomic E-state index is 0.0332. The van der Waals surface area contributed by atoms with Gasteiger partial charge in [-0.05, 0) is 39.9 Å². The van der Waals surface area contributed by atoms with Gasteiger partial charge in [0.1, 0.15) is 30.2 Å². The topological polar surface area (TPSA) is 84.8 Å². The maximum atomic E-state index is 15.4. The Morgan fingerprint density at radius 1 is 0.566 bits per heavy atom.